The molecule has 0 spiro atoms. The molecule has 0 aromatic carbocycles. The van der Waals surface area contributed by atoms with Crippen molar-refractivity contribution < 1.29 is 4.79 Å². The number of nitrogens with zero attached hydrogens (tertiary/aromatic N) is 2. The number of rotatable bonds is 4. The molecule has 2 aromatic rings. The van der Waals surface area contributed by atoms with Crippen molar-refractivity contribution in [2.75, 3.05) is 0 Å². The van der Waals surface area contributed by atoms with Gasteiger partial charge in [-0.3, -0.25) is 9.20 Å². The van der Waals surface area contributed by atoms with Gasteiger partial charge in [-0.2, -0.15) is 0 Å². The highest BCUT2D eigenvalue weighted by Gasteiger charge is 2.10. The molecule has 84 valence electrons. The summed E-state index contributed by atoms with van der Waals surface area (Å²) in [5.41, 5.74) is 3.65. The van der Waals surface area contributed by atoms with E-state index in [0.29, 0.717) is 5.69 Å². The third-order valence-corrected chi connectivity index (χ3v) is 2.77. The first kappa shape index (κ1) is 10.9. The van der Waals surface area contributed by atoms with Crippen LogP contribution in [0.3, 0.4) is 0 Å². The highest BCUT2D eigenvalue weighted by Crippen LogP contribution is 2.14. The number of aldehydes is 1. The molecule has 2 aromatic heterocycles. The zero-order valence-electron chi connectivity index (χ0n) is 9.73. The van der Waals surface area contributed by atoms with E-state index < -0.39 is 0 Å². The minimum Gasteiger partial charge on any atom is -0.297 e. The maximum absolute atomic E-state index is 11.1. The molecule has 2 rings (SSSR count). The maximum Gasteiger partial charge on any atom is 0.168 e. The van der Waals surface area contributed by atoms with Gasteiger partial charge in [-0.05, 0) is 37.5 Å². The fourth-order valence-electron chi connectivity index (χ4n) is 1.87. The Morgan fingerprint density at radius 3 is 3.00 bits per heavy atom. The van der Waals surface area contributed by atoms with Crippen molar-refractivity contribution in [3.63, 3.8) is 0 Å². The van der Waals surface area contributed by atoms with Crippen molar-refractivity contribution in [2.24, 2.45) is 0 Å². The van der Waals surface area contributed by atoms with Crippen molar-refractivity contribution >= 4 is 11.9 Å². The van der Waals surface area contributed by atoms with Crippen LogP contribution < -0.4 is 0 Å². The lowest BCUT2D eigenvalue weighted by Crippen LogP contribution is -1.95. The highest BCUT2D eigenvalue weighted by atomic mass is 16.1. The van der Waals surface area contributed by atoms with Gasteiger partial charge in [0.1, 0.15) is 11.3 Å². The number of carbonyl (C=O) groups is 1. The van der Waals surface area contributed by atoms with Crippen molar-refractivity contribution in [1.82, 2.24) is 9.38 Å². The van der Waals surface area contributed by atoms with Crippen LogP contribution in [0.4, 0.5) is 0 Å². The molecule has 0 aliphatic carbocycles. The van der Waals surface area contributed by atoms with Crippen LogP contribution in [0.2, 0.25) is 0 Å². The summed E-state index contributed by atoms with van der Waals surface area (Å²) in [6.07, 6.45) is 5.89. The largest absolute Gasteiger partial charge is 0.297 e. The van der Waals surface area contributed by atoms with Gasteiger partial charge in [0, 0.05) is 6.20 Å². The van der Waals surface area contributed by atoms with Gasteiger partial charge < -0.3 is 0 Å². The maximum atomic E-state index is 11.1. The molecule has 3 nitrogen and oxygen atoms in total. The lowest BCUT2D eigenvalue weighted by atomic mass is 10.2. The van der Waals surface area contributed by atoms with Crippen molar-refractivity contribution in [2.45, 2.75) is 33.1 Å². The molecule has 0 radical (unpaired) electrons. The second kappa shape index (κ2) is 4.47. The fraction of sp³-hybridized carbons (Fsp3) is 0.385. The van der Waals surface area contributed by atoms with Gasteiger partial charge in [0.05, 0.1) is 5.69 Å². The molecule has 0 fully saturated rings. The Kier molecular flexibility index (Phi) is 3.04. The van der Waals surface area contributed by atoms with Gasteiger partial charge in [0.25, 0.3) is 0 Å². The molecular formula is C13H16N2O. The Balaban J connectivity index is 2.52. The van der Waals surface area contributed by atoms with E-state index in [2.05, 4.69) is 11.9 Å². The summed E-state index contributed by atoms with van der Waals surface area (Å²) in [5, 5.41) is 0. The summed E-state index contributed by atoms with van der Waals surface area (Å²) in [6, 6.07) is 3.99. The lowest BCUT2D eigenvalue weighted by Gasteiger charge is -1.97. The quantitative estimate of drug-likeness (QED) is 0.736. The van der Waals surface area contributed by atoms with E-state index in [-0.39, 0.29) is 0 Å². The number of unbranched alkanes of at least 4 members (excludes halogenated alkanes) is 1. The minimum absolute atomic E-state index is 0.698. The predicted molar refractivity (Wildman–Crippen MR) is 63.9 cm³/mol. The predicted octanol–water partition coefficient (Wildman–Crippen LogP) is 2.80. The molecule has 0 aliphatic rings. The van der Waals surface area contributed by atoms with Gasteiger partial charge in [0.2, 0.25) is 0 Å². The topological polar surface area (TPSA) is 34.4 Å². The van der Waals surface area contributed by atoms with Gasteiger partial charge in [0.15, 0.2) is 6.29 Å². The van der Waals surface area contributed by atoms with Gasteiger partial charge in [-0.1, -0.05) is 13.3 Å². The van der Waals surface area contributed by atoms with Crippen LogP contribution in [0.5, 0.6) is 0 Å². The molecule has 0 saturated heterocycles. The van der Waals surface area contributed by atoms with Crippen LogP contribution in [0, 0.1) is 6.92 Å². The van der Waals surface area contributed by atoms with Crippen molar-refractivity contribution in [3.8, 4) is 0 Å². The fourth-order valence-corrected chi connectivity index (χ4v) is 1.87. The van der Waals surface area contributed by atoms with E-state index in [1.54, 1.807) is 0 Å². The molecule has 0 bridgehead atoms. The Morgan fingerprint density at radius 1 is 1.50 bits per heavy atom. The number of pyridine rings is 1. The number of aryl methyl sites for hydroxylation is 2. The first-order valence-electron chi connectivity index (χ1n) is 5.69. The van der Waals surface area contributed by atoms with Crippen LogP contribution in [-0.4, -0.2) is 15.7 Å². The van der Waals surface area contributed by atoms with E-state index >= 15 is 0 Å². The molecule has 0 N–H and O–H groups in total. The van der Waals surface area contributed by atoms with E-state index in [4.69, 9.17) is 0 Å². The number of carbonyl (C=O) groups excluding carboxylic acids is 1. The van der Waals surface area contributed by atoms with Crippen LogP contribution in [0.1, 0.15) is 41.5 Å². The summed E-state index contributed by atoms with van der Waals surface area (Å²) >= 11 is 0. The van der Waals surface area contributed by atoms with E-state index in [1.807, 2.05) is 29.7 Å². The van der Waals surface area contributed by atoms with Crippen LogP contribution in [0.15, 0.2) is 18.3 Å². The van der Waals surface area contributed by atoms with Crippen molar-refractivity contribution in [1.29, 1.82) is 0 Å². The first-order valence-corrected chi connectivity index (χ1v) is 5.69. The van der Waals surface area contributed by atoms with Crippen LogP contribution >= 0.6 is 0 Å². The molecule has 2 heterocycles. The monoisotopic (exact) mass is 216 g/mol. The Hall–Kier alpha value is -1.64. The molecule has 0 amide bonds. The number of fused-ring (bicyclic) bond motifs is 1. The summed E-state index contributed by atoms with van der Waals surface area (Å²) in [7, 11) is 0. The molecular weight excluding hydrogens is 200 g/mol. The second-order valence-corrected chi connectivity index (χ2v) is 4.10. The zero-order valence-corrected chi connectivity index (χ0v) is 9.73. The SMILES string of the molecule is CCCCc1nc2cc(C)ccn2c1C=O. The van der Waals surface area contributed by atoms with Gasteiger partial charge in [-0.15, -0.1) is 0 Å². The number of aromatic nitrogens is 2. The Labute approximate surface area is 95.1 Å². The summed E-state index contributed by atoms with van der Waals surface area (Å²) < 4.78 is 1.87. The number of hydrogen-bond acceptors (Lipinski definition) is 2. The second-order valence-electron chi connectivity index (χ2n) is 4.10. The van der Waals surface area contributed by atoms with E-state index in [9.17, 15) is 4.79 Å². The highest BCUT2D eigenvalue weighted by molar-refractivity contribution is 5.76. The minimum atomic E-state index is 0.698. The number of hydrogen-bond donors (Lipinski definition) is 0. The summed E-state index contributed by atoms with van der Waals surface area (Å²) in [5.74, 6) is 0. The molecule has 0 saturated carbocycles. The molecule has 3 heteroatoms. The first-order chi connectivity index (χ1) is 7.76. The zero-order chi connectivity index (χ0) is 11.5. The standard InChI is InChI=1S/C13H16N2O/c1-3-4-5-11-12(9-16)15-7-6-10(2)8-13(15)14-11/h6-9H,3-5H2,1-2H3. The number of imidazole rings is 1. The summed E-state index contributed by atoms with van der Waals surface area (Å²) in [4.78, 5) is 15.6. The van der Waals surface area contributed by atoms with E-state index in [1.165, 1.54) is 0 Å². The molecule has 0 aliphatic heterocycles. The normalized spacial score (nSPS) is 10.9. The Morgan fingerprint density at radius 2 is 2.31 bits per heavy atom. The average Bonchev–Trinajstić information content (AvgIpc) is 2.62. The van der Waals surface area contributed by atoms with Gasteiger partial charge >= 0.3 is 0 Å². The molecule has 0 atom stereocenters. The third-order valence-electron chi connectivity index (χ3n) is 2.77. The van der Waals surface area contributed by atoms with Crippen LogP contribution in [-0.2, 0) is 6.42 Å². The van der Waals surface area contributed by atoms with E-state index in [0.717, 1.165) is 42.5 Å². The van der Waals surface area contributed by atoms with Crippen LogP contribution in [0.25, 0.3) is 5.65 Å². The Bertz CT molecular complexity index is 514. The molecule has 16 heavy (non-hydrogen) atoms. The lowest BCUT2D eigenvalue weighted by molar-refractivity contribution is 0.111. The molecule has 0 unspecified atom stereocenters. The summed E-state index contributed by atoms with van der Waals surface area (Å²) in [6.45, 7) is 4.17. The van der Waals surface area contributed by atoms with Crippen molar-refractivity contribution in [3.05, 3.63) is 35.3 Å². The average molecular weight is 216 g/mol. The smallest absolute Gasteiger partial charge is 0.168 e. The van der Waals surface area contributed by atoms with Gasteiger partial charge in [-0.25, -0.2) is 4.98 Å². The third kappa shape index (κ3) is 1.85.